The molecule has 24 heavy (non-hydrogen) atoms. The molecule has 0 aliphatic carbocycles. The zero-order valence-electron chi connectivity index (χ0n) is 13.7. The molecule has 1 aliphatic rings. The molecule has 1 heterocycles. The monoisotopic (exact) mass is 339 g/mol. The molecule has 2 aromatic rings. The molecule has 0 unspecified atom stereocenters. The molecule has 1 fully saturated rings. The van der Waals surface area contributed by atoms with Crippen LogP contribution in [0.1, 0.15) is 17.2 Å². The normalized spacial score (nSPS) is 18.0. The van der Waals surface area contributed by atoms with Crippen LogP contribution in [0.25, 0.3) is 6.08 Å². The van der Waals surface area contributed by atoms with Gasteiger partial charge in [0.25, 0.3) is 0 Å². The summed E-state index contributed by atoms with van der Waals surface area (Å²) in [5.74, 6) is 0.0353. The van der Waals surface area contributed by atoms with E-state index in [-0.39, 0.29) is 12.0 Å². The second-order valence-corrected chi connectivity index (χ2v) is 6.54. The summed E-state index contributed by atoms with van der Waals surface area (Å²) in [6, 6.07) is 18.3. The molecule has 1 atom stereocenters. The molecule has 1 aliphatic heterocycles. The average molecular weight is 339 g/mol. The molecule has 1 saturated heterocycles. The highest BCUT2D eigenvalue weighted by molar-refractivity contribution is 7.98. The minimum Gasteiger partial charge on any atom is -0.370 e. The summed E-state index contributed by atoms with van der Waals surface area (Å²) in [6.07, 6.45) is 5.54. The van der Waals surface area contributed by atoms with E-state index in [2.05, 4.69) is 18.4 Å². The van der Waals surface area contributed by atoms with Crippen molar-refractivity contribution < 1.29 is 9.53 Å². The Balaban J connectivity index is 1.62. The van der Waals surface area contributed by atoms with Gasteiger partial charge in [-0.1, -0.05) is 42.5 Å². The van der Waals surface area contributed by atoms with Crippen LogP contribution >= 0.6 is 11.8 Å². The Bertz CT molecular complexity index is 697. The Hall–Kier alpha value is -2.04. The fourth-order valence-corrected chi connectivity index (χ4v) is 3.11. The number of morpholine rings is 1. The predicted molar refractivity (Wildman–Crippen MR) is 99.0 cm³/mol. The zero-order valence-corrected chi connectivity index (χ0v) is 14.5. The largest absolute Gasteiger partial charge is 0.370 e. The number of benzene rings is 2. The molecule has 3 rings (SSSR count). The van der Waals surface area contributed by atoms with E-state index in [9.17, 15) is 4.79 Å². The van der Waals surface area contributed by atoms with E-state index in [4.69, 9.17) is 4.74 Å². The maximum absolute atomic E-state index is 12.5. The smallest absolute Gasteiger partial charge is 0.246 e. The molecule has 0 saturated carbocycles. The summed E-state index contributed by atoms with van der Waals surface area (Å²) in [6.45, 7) is 1.80. The Morgan fingerprint density at radius 3 is 2.62 bits per heavy atom. The molecule has 4 heteroatoms. The van der Waals surface area contributed by atoms with Crippen molar-refractivity contribution in [2.75, 3.05) is 26.0 Å². The number of rotatable bonds is 4. The minimum atomic E-state index is -0.0434. The molecule has 2 aromatic carbocycles. The first-order valence-corrected chi connectivity index (χ1v) is 9.26. The first-order chi connectivity index (χ1) is 11.8. The van der Waals surface area contributed by atoms with Gasteiger partial charge in [0.15, 0.2) is 0 Å². The number of carbonyl (C=O) groups is 1. The highest BCUT2D eigenvalue weighted by Gasteiger charge is 2.23. The Morgan fingerprint density at radius 2 is 1.92 bits per heavy atom. The third-order valence-electron chi connectivity index (χ3n) is 4.08. The average Bonchev–Trinajstić information content (AvgIpc) is 2.67. The van der Waals surface area contributed by atoms with Gasteiger partial charge in [0.05, 0.1) is 13.2 Å². The molecule has 3 nitrogen and oxygen atoms in total. The lowest BCUT2D eigenvalue weighted by molar-refractivity contribution is -0.133. The number of carbonyl (C=O) groups excluding carboxylic acids is 1. The highest BCUT2D eigenvalue weighted by Crippen LogP contribution is 2.22. The number of thioether (sulfide) groups is 1. The molecule has 0 spiro atoms. The second kappa shape index (κ2) is 8.18. The predicted octanol–water partition coefficient (Wildman–Crippen LogP) is 4.02. The first kappa shape index (κ1) is 16.8. The van der Waals surface area contributed by atoms with Crippen molar-refractivity contribution in [2.24, 2.45) is 0 Å². The fraction of sp³-hybridized carbons (Fsp3) is 0.250. The summed E-state index contributed by atoms with van der Waals surface area (Å²) in [5, 5.41) is 0. The molecule has 124 valence electrons. The third kappa shape index (κ3) is 4.28. The van der Waals surface area contributed by atoms with Gasteiger partial charge in [0.2, 0.25) is 5.91 Å². The number of ether oxygens (including phenoxy) is 1. The van der Waals surface area contributed by atoms with E-state index in [0.29, 0.717) is 19.7 Å². The lowest BCUT2D eigenvalue weighted by Crippen LogP contribution is -2.41. The quantitative estimate of drug-likeness (QED) is 0.622. The standard InChI is InChI=1S/C20H21NO2S/c1-24-18-10-7-16(8-11-18)9-12-20(22)21-13-14-23-19(15-21)17-5-3-2-4-6-17/h2-12,19H,13-15H2,1H3/b12-9+/t19-/m0/s1. The van der Waals surface area contributed by atoms with Crippen LogP contribution in [0, 0.1) is 0 Å². The van der Waals surface area contributed by atoms with Gasteiger partial charge >= 0.3 is 0 Å². The first-order valence-electron chi connectivity index (χ1n) is 8.04. The number of amides is 1. The molecular weight excluding hydrogens is 318 g/mol. The molecular formula is C20H21NO2S. The summed E-state index contributed by atoms with van der Waals surface area (Å²) < 4.78 is 5.81. The third-order valence-corrected chi connectivity index (χ3v) is 4.83. The maximum atomic E-state index is 12.5. The molecule has 1 amide bonds. The van der Waals surface area contributed by atoms with Gasteiger partial charge in [-0.05, 0) is 35.6 Å². The van der Waals surface area contributed by atoms with Crippen molar-refractivity contribution in [3.05, 3.63) is 71.8 Å². The summed E-state index contributed by atoms with van der Waals surface area (Å²) in [7, 11) is 0. The van der Waals surface area contributed by atoms with E-state index < -0.39 is 0 Å². The van der Waals surface area contributed by atoms with E-state index in [1.807, 2.05) is 53.4 Å². The maximum Gasteiger partial charge on any atom is 0.246 e. The SMILES string of the molecule is CSc1ccc(/C=C/C(=O)N2CCO[C@H](c3ccccc3)C2)cc1. The Morgan fingerprint density at radius 1 is 1.17 bits per heavy atom. The zero-order chi connectivity index (χ0) is 16.8. The van der Waals surface area contributed by atoms with Crippen molar-refractivity contribution >= 4 is 23.7 Å². The summed E-state index contributed by atoms with van der Waals surface area (Å²) >= 11 is 1.71. The van der Waals surface area contributed by atoms with Crippen molar-refractivity contribution in [1.82, 2.24) is 4.90 Å². The van der Waals surface area contributed by atoms with E-state index >= 15 is 0 Å². The summed E-state index contributed by atoms with van der Waals surface area (Å²) in [4.78, 5) is 15.5. The molecule has 0 aromatic heterocycles. The van der Waals surface area contributed by atoms with Crippen molar-refractivity contribution in [2.45, 2.75) is 11.0 Å². The fourth-order valence-electron chi connectivity index (χ4n) is 2.71. The van der Waals surface area contributed by atoms with E-state index in [0.717, 1.165) is 11.1 Å². The van der Waals surface area contributed by atoms with E-state index in [1.54, 1.807) is 17.8 Å². The summed E-state index contributed by atoms with van der Waals surface area (Å²) in [5.41, 5.74) is 2.15. The van der Waals surface area contributed by atoms with Crippen molar-refractivity contribution in [3.8, 4) is 0 Å². The van der Waals surface area contributed by atoms with Crippen LogP contribution in [0.3, 0.4) is 0 Å². The van der Waals surface area contributed by atoms with Gasteiger partial charge in [-0.15, -0.1) is 11.8 Å². The number of hydrogen-bond donors (Lipinski definition) is 0. The topological polar surface area (TPSA) is 29.5 Å². The van der Waals surface area contributed by atoms with Gasteiger partial charge in [-0.25, -0.2) is 0 Å². The van der Waals surface area contributed by atoms with Gasteiger partial charge in [-0.3, -0.25) is 4.79 Å². The van der Waals surface area contributed by atoms with Crippen LogP contribution in [0.5, 0.6) is 0 Å². The molecule has 0 radical (unpaired) electrons. The van der Waals surface area contributed by atoms with Crippen LogP contribution in [-0.4, -0.2) is 36.8 Å². The Labute approximate surface area is 147 Å². The second-order valence-electron chi connectivity index (χ2n) is 5.66. The van der Waals surface area contributed by atoms with Gasteiger partial charge < -0.3 is 9.64 Å². The van der Waals surface area contributed by atoms with Crippen LogP contribution in [0.15, 0.2) is 65.6 Å². The van der Waals surface area contributed by atoms with Crippen molar-refractivity contribution in [1.29, 1.82) is 0 Å². The van der Waals surface area contributed by atoms with Crippen LogP contribution in [0.2, 0.25) is 0 Å². The highest BCUT2D eigenvalue weighted by atomic mass is 32.2. The van der Waals surface area contributed by atoms with E-state index in [1.165, 1.54) is 4.90 Å². The Kier molecular flexibility index (Phi) is 5.72. The molecule has 0 N–H and O–H groups in total. The van der Waals surface area contributed by atoms with Crippen LogP contribution in [-0.2, 0) is 9.53 Å². The van der Waals surface area contributed by atoms with Gasteiger partial charge in [-0.2, -0.15) is 0 Å². The lowest BCUT2D eigenvalue weighted by atomic mass is 10.1. The van der Waals surface area contributed by atoms with Crippen molar-refractivity contribution in [3.63, 3.8) is 0 Å². The number of hydrogen-bond acceptors (Lipinski definition) is 3. The van der Waals surface area contributed by atoms with Gasteiger partial charge in [0.1, 0.15) is 6.10 Å². The van der Waals surface area contributed by atoms with Crippen LogP contribution in [0.4, 0.5) is 0 Å². The number of nitrogens with zero attached hydrogens (tertiary/aromatic N) is 1. The molecule has 0 bridgehead atoms. The lowest BCUT2D eigenvalue weighted by Gasteiger charge is -2.32. The van der Waals surface area contributed by atoms with Crippen LogP contribution < -0.4 is 0 Å². The van der Waals surface area contributed by atoms with Gasteiger partial charge in [0, 0.05) is 17.5 Å². The minimum absolute atomic E-state index is 0.0353.